The molecule has 0 fully saturated rings. The fourth-order valence-corrected chi connectivity index (χ4v) is 2.25. The SMILES string of the molecule is C[C@H](c1ncccn1)N(Cc1ccc(NCC(F)(F)F)nn1)C(=O)OC(C)(C)C. The van der Waals surface area contributed by atoms with E-state index in [9.17, 15) is 18.0 Å². The van der Waals surface area contributed by atoms with Crippen LogP contribution in [0.3, 0.4) is 0 Å². The summed E-state index contributed by atoms with van der Waals surface area (Å²) in [5.74, 6) is 0.393. The monoisotopic (exact) mass is 412 g/mol. The first-order chi connectivity index (χ1) is 13.4. The van der Waals surface area contributed by atoms with Crippen LogP contribution in [-0.4, -0.2) is 49.5 Å². The smallest absolute Gasteiger partial charge is 0.411 e. The number of carbonyl (C=O) groups is 1. The molecule has 0 aliphatic heterocycles. The van der Waals surface area contributed by atoms with E-state index in [1.54, 1.807) is 46.2 Å². The van der Waals surface area contributed by atoms with Gasteiger partial charge in [0.15, 0.2) is 5.82 Å². The highest BCUT2D eigenvalue weighted by atomic mass is 19.4. The molecule has 0 saturated heterocycles. The van der Waals surface area contributed by atoms with E-state index in [2.05, 4.69) is 25.5 Å². The highest BCUT2D eigenvalue weighted by Crippen LogP contribution is 2.22. The van der Waals surface area contributed by atoms with Crippen LogP contribution in [0.25, 0.3) is 0 Å². The van der Waals surface area contributed by atoms with Gasteiger partial charge >= 0.3 is 12.3 Å². The molecule has 1 atom stereocenters. The third kappa shape index (κ3) is 7.51. The Labute approximate surface area is 166 Å². The summed E-state index contributed by atoms with van der Waals surface area (Å²) >= 11 is 0. The van der Waals surface area contributed by atoms with E-state index >= 15 is 0 Å². The lowest BCUT2D eigenvalue weighted by Gasteiger charge is -2.30. The van der Waals surface area contributed by atoms with Gasteiger partial charge in [0.2, 0.25) is 0 Å². The summed E-state index contributed by atoms with van der Waals surface area (Å²) in [6.07, 6.45) is -1.84. The number of aromatic nitrogens is 4. The molecule has 0 aromatic carbocycles. The molecule has 0 unspecified atom stereocenters. The molecule has 0 spiro atoms. The average molecular weight is 412 g/mol. The van der Waals surface area contributed by atoms with Crippen LogP contribution < -0.4 is 5.32 Å². The van der Waals surface area contributed by atoms with E-state index in [4.69, 9.17) is 4.74 Å². The number of amides is 1. The van der Waals surface area contributed by atoms with E-state index in [1.807, 2.05) is 0 Å². The maximum absolute atomic E-state index is 12.7. The summed E-state index contributed by atoms with van der Waals surface area (Å²) in [7, 11) is 0. The Morgan fingerprint density at radius 2 is 1.83 bits per heavy atom. The standard InChI is InChI=1S/C18H23F3N6O2/c1-12(15-22-8-5-9-23-15)27(16(28)29-17(2,3)4)10-13-6-7-14(26-25-13)24-11-18(19,20)21/h5-9,12H,10-11H2,1-4H3,(H,24,26)/t12-/m1/s1. The maximum Gasteiger partial charge on any atom is 0.411 e. The zero-order valence-electron chi connectivity index (χ0n) is 16.6. The second kappa shape index (κ2) is 9.01. The molecular formula is C18H23F3N6O2. The van der Waals surface area contributed by atoms with Gasteiger partial charge in [-0.25, -0.2) is 14.8 Å². The molecule has 1 amide bonds. The third-order valence-electron chi connectivity index (χ3n) is 3.58. The zero-order chi connectivity index (χ0) is 21.7. The van der Waals surface area contributed by atoms with Crippen molar-refractivity contribution < 1.29 is 22.7 Å². The lowest BCUT2D eigenvalue weighted by Crippen LogP contribution is -2.38. The van der Waals surface area contributed by atoms with Gasteiger partial charge in [0.25, 0.3) is 0 Å². The predicted molar refractivity (Wildman–Crippen MR) is 98.8 cm³/mol. The second-order valence-electron chi connectivity index (χ2n) is 7.27. The first-order valence-corrected chi connectivity index (χ1v) is 8.84. The minimum absolute atomic E-state index is 0.0148. The summed E-state index contributed by atoms with van der Waals surface area (Å²) in [6, 6.07) is 3.98. The van der Waals surface area contributed by atoms with Gasteiger partial charge in [0.1, 0.15) is 18.0 Å². The first-order valence-electron chi connectivity index (χ1n) is 8.84. The summed E-state index contributed by atoms with van der Waals surface area (Å²) in [6.45, 7) is 5.77. The van der Waals surface area contributed by atoms with Gasteiger partial charge in [-0.05, 0) is 45.9 Å². The molecule has 0 aliphatic carbocycles. The molecule has 29 heavy (non-hydrogen) atoms. The van der Waals surface area contributed by atoms with Crippen molar-refractivity contribution in [3.8, 4) is 0 Å². The number of nitrogens with zero attached hydrogens (tertiary/aromatic N) is 5. The van der Waals surface area contributed by atoms with E-state index in [0.717, 1.165) is 0 Å². The molecule has 0 bridgehead atoms. The van der Waals surface area contributed by atoms with Crippen LogP contribution >= 0.6 is 0 Å². The Bertz CT molecular complexity index is 794. The van der Waals surface area contributed by atoms with Crippen molar-refractivity contribution >= 4 is 11.9 Å². The van der Waals surface area contributed by atoms with Crippen LogP contribution in [0.5, 0.6) is 0 Å². The Morgan fingerprint density at radius 1 is 1.17 bits per heavy atom. The topological polar surface area (TPSA) is 93.1 Å². The van der Waals surface area contributed by atoms with Crippen molar-refractivity contribution in [1.82, 2.24) is 25.1 Å². The number of ether oxygens (including phenoxy) is 1. The number of nitrogens with one attached hydrogen (secondary N) is 1. The van der Waals surface area contributed by atoms with Crippen LogP contribution in [0.2, 0.25) is 0 Å². The van der Waals surface area contributed by atoms with E-state index in [1.165, 1.54) is 17.0 Å². The van der Waals surface area contributed by atoms with Gasteiger partial charge in [0.05, 0.1) is 18.3 Å². The average Bonchev–Trinajstić information content (AvgIpc) is 2.63. The number of halogens is 3. The predicted octanol–water partition coefficient (Wildman–Crippen LogP) is 3.74. The van der Waals surface area contributed by atoms with Crippen molar-refractivity contribution in [1.29, 1.82) is 0 Å². The highest BCUT2D eigenvalue weighted by Gasteiger charge is 2.29. The van der Waals surface area contributed by atoms with Gasteiger partial charge in [-0.15, -0.1) is 5.10 Å². The number of hydrogen-bond donors (Lipinski definition) is 1. The van der Waals surface area contributed by atoms with Gasteiger partial charge in [-0.3, -0.25) is 4.90 Å². The number of rotatable bonds is 6. The Hall–Kier alpha value is -2.98. The van der Waals surface area contributed by atoms with Crippen LogP contribution in [0.1, 0.15) is 45.3 Å². The van der Waals surface area contributed by atoms with Crippen LogP contribution in [-0.2, 0) is 11.3 Å². The van der Waals surface area contributed by atoms with Gasteiger partial charge in [0, 0.05) is 12.4 Å². The van der Waals surface area contributed by atoms with Crippen molar-refractivity contribution in [3.05, 3.63) is 42.1 Å². The number of carbonyl (C=O) groups excluding carboxylic acids is 1. The fraction of sp³-hybridized carbons (Fsp3) is 0.500. The van der Waals surface area contributed by atoms with Crippen LogP contribution in [0.15, 0.2) is 30.6 Å². The number of alkyl halides is 3. The molecule has 2 rings (SSSR count). The Balaban J connectivity index is 2.17. The Kier molecular flexibility index (Phi) is 6.93. The van der Waals surface area contributed by atoms with E-state index in [-0.39, 0.29) is 12.4 Å². The van der Waals surface area contributed by atoms with E-state index < -0.39 is 30.5 Å². The van der Waals surface area contributed by atoms with Gasteiger partial charge in [-0.1, -0.05) is 0 Å². The number of hydrogen-bond acceptors (Lipinski definition) is 7. The highest BCUT2D eigenvalue weighted by molar-refractivity contribution is 5.68. The lowest BCUT2D eigenvalue weighted by atomic mass is 10.2. The van der Waals surface area contributed by atoms with Gasteiger partial charge < -0.3 is 10.1 Å². The summed E-state index contributed by atoms with van der Waals surface area (Å²) in [5.41, 5.74) is -0.347. The molecule has 2 heterocycles. The summed E-state index contributed by atoms with van der Waals surface area (Å²) in [4.78, 5) is 22.4. The van der Waals surface area contributed by atoms with Crippen molar-refractivity contribution in [2.45, 2.75) is 52.1 Å². The van der Waals surface area contributed by atoms with Gasteiger partial charge in [-0.2, -0.15) is 18.3 Å². The fourth-order valence-electron chi connectivity index (χ4n) is 2.25. The zero-order valence-corrected chi connectivity index (χ0v) is 16.6. The lowest BCUT2D eigenvalue weighted by molar-refractivity contribution is -0.115. The normalized spacial score (nSPS) is 12.9. The largest absolute Gasteiger partial charge is 0.444 e. The molecule has 0 saturated carbocycles. The molecule has 0 aliphatic rings. The van der Waals surface area contributed by atoms with Crippen molar-refractivity contribution in [3.63, 3.8) is 0 Å². The molecule has 1 N–H and O–H groups in total. The molecule has 11 heteroatoms. The van der Waals surface area contributed by atoms with Crippen molar-refractivity contribution in [2.75, 3.05) is 11.9 Å². The maximum atomic E-state index is 12.7. The molecule has 2 aromatic heterocycles. The summed E-state index contributed by atoms with van der Waals surface area (Å²) < 4.78 is 42.3. The Morgan fingerprint density at radius 3 is 2.34 bits per heavy atom. The molecule has 158 valence electrons. The first kappa shape index (κ1) is 22.3. The molecule has 0 radical (unpaired) electrons. The third-order valence-corrected chi connectivity index (χ3v) is 3.58. The molecular weight excluding hydrogens is 389 g/mol. The van der Waals surface area contributed by atoms with Crippen LogP contribution in [0.4, 0.5) is 23.8 Å². The van der Waals surface area contributed by atoms with Crippen molar-refractivity contribution in [2.24, 2.45) is 0 Å². The molecule has 2 aromatic rings. The van der Waals surface area contributed by atoms with Crippen LogP contribution in [0, 0.1) is 0 Å². The minimum atomic E-state index is -4.36. The quantitative estimate of drug-likeness (QED) is 0.773. The second-order valence-corrected chi connectivity index (χ2v) is 7.27. The minimum Gasteiger partial charge on any atom is -0.444 e. The van der Waals surface area contributed by atoms with E-state index in [0.29, 0.717) is 11.5 Å². The summed E-state index contributed by atoms with van der Waals surface area (Å²) in [5, 5.41) is 9.78. The molecule has 8 nitrogen and oxygen atoms in total. The number of anilines is 1.